The molecule has 0 spiro atoms. The molecule has 45 heavy (non-hydrogen) atoms. The highest BCUT2D eigenvalue weighted by Crippen LogP contribution is 2.32. The van der Waals surface area contributed by atoms with E-state index in [2.05, 4.69) is 36.3 Å². The van der Waals surface area contributed by atoms with Crippen molar-refractivity contribution >= 4 is 34.2 Å². The van der Waals surface area contributed by atoms with Crippen LogP contribution in [-0.2, 0) is 6.42 Å². The van der Waals surface area contributed by atoms with Gasteiger partial charge in [-0.1, -0.05) is 57.7 Å². The van der Waals surface area contributed by atoms with Crippen LogP contribution in [0.3, 0.4) is 0 Å². The monoisotopic (exact) mass is 611 g/mol. The van der Waals surface area contributed by atoms with Gasteiger partial charge in [0.2, 0.25) is 0 Å². The number of nitrogens with zero attached hydrogens (tertiary/aromatic N) is 1. The first-order valence-corrected chi connectivity index (χ1v) is 16.6. The highest BCUT2D eigenvalue weighted by Gasteiger charge is 2.22. The summed E-state index contributed by atoms with van der Waals surface area (Å²) in [5.41, 5.74) is 4.15. The van der Waals surface area contributed by atoms with E-state index in [-0.39, 0.29) is 11.8 Å². The largest absolute Gasteiger partial charge is 0.494 e. The molecule has 1 aromatic heterocycles. The van der Waals surface area contributed by atoms with Crippen LogP contribution in [0.5, 0.6) is 5.75 Å². The summed E-state index contributed by atoms with van der Waals surface area (Å²) in [6.45, 7) is 12.6. The van der Waals surface area contributed by atoms with Crippen molar-refractivity contribution in [1.82, 2.24) is 4.90 Å². The van der Waals surface area contributed by atoms with E-state index in [1.165, 1.54) is 25.7 Å². The molecule has 0 atom stereocenters. The van der Waals surface area contributed by atoms with Crippen LogP contribution in [0.1, 0.15) is 93.0 Å². The van der Waals surface area contributed by atoms with Gasteiger partial charge in [-0.2, -0.15) is 0 Å². The lowest BCUT2D eigenvalue weighted by molar-refractivity contribution is 0.103. The number of ether oxygens (including phenoxy) is 1. The molecule has 4 aromatic rings. The fourth-order valence-corrected chi connectivity index (χ4v) is 5.34. The minimum atomic E-state index is -0.356. The molecule has 1 heterocycles. The molecule has 0 aliphatic heterocycles. The molecule has 0 aliphatic rings. The number of aryl methyl sites for hydroxylation is 2. The summed E-state index contributed by atoms with van der Waals surface area (Å²) in [6.07, 6.45) is 8.40. The number of hydrogen-bond donors (Lipinski definition) is 2. The Balaban J connectivity index is 1.44. The molecule has 0 radical (unpaired) electrons. The zero-order chi connectivity index (χ0) is 32.0. The first-order valence-electron chi connectivity index (χ1n) is 16.6. The van der Waals surface area contributed by atoms with Gasteiger partial charge in [-0.25, -0.2) is 4.79 Å². The average Bonchev–Trinajstić information content (AvgIpc) is 3.41. The maximum atomic E-state index is 13.9. The molecule has 7 heteroatoms. The SMILES string of the molecule is CCCCc1oc2ccc(NC(=O)Nc3ccc(C)cc3)cc2c1C(=O)c1ccc(OCCCN(CCCC)CCCC)cc1. The predicted molar refractivity (Wildman–Crippen MR) is 185 cm³/mol. The molecule has 0 bridgehead atoms. The van der Waals surface area contributed by atoms with Crippen LogP contribution in [-0.4, -0.2) is 43.0 Å². The minimum absolute atomic E-state index is 0.102. The highest BCUT2D eigenvalue weighted by atomic mass is 16.5. The first-order chi connectivity index (χ1) is 21.9. The van der Waals surface area contributed by atoms with Crippen LogP contribution < -0.4 is 15.4 Å². The summed E-state index contributed by atoms with van der Waals surface area (Å²) < 4.78 is 12.2. The van der Waals surface area contributed by atoms with Crippen molar-refractivity contribution in [1.29, 1.82) is 0 Å². The number of furan rings is 1. The molecule has 0 saturated heterocycles. The van der Waals surface area contributed by atoms with Gasteiger partial charge in [0.1, 0.15) is 17.1 Å². The van der Waals surface area contributed by atoms with Gasteiger partial charge in [0.05, 0.1) is 12.2 Å². The Morgan fingerprint density at radius 1 is 0.756 bits per heavy atom. The summed E-state index contributed by atoms with van der Waals surface area (Å²) in [7, 11) is 0. The third-order valence-electron chi connectivity index (χ3n) is 7.97. The van der Waals surface area contributed by atoms with E-state index in [1.807, 2.05) is 67.6 Å². The number of urea groups is 1. The van der Waals surface area contributed by atoms with Crippen LogP contribution in [0.2, 0.25) is 0 Å². The number of ketones is 1. The van der Waals surface area contributed by atoms with Gasteiger partial charge < -0.3 is 24.7 Å². The molecule has 2 amide bonds. The smallest absolute Gasteiger partial charge is 0.323 e. The average molecular weight is 612 g/mol. The molecule has 0 fully saturated rings. The van der Waals surface area contributed by atoms with Crippen molar-refractivity contribution in [3.63, 3.8) is 0 Å². The van der Waals surface area contributed by atoms with Crippen molar-refractivity contribution in [2.24, 2.45) is 0 Å². The van der Waals surface area contributed by atoms with E-state index in [0.29, 0.717) is 52.3 Å². The van der Waals surface area contributed by atoms with Crippen molar-refractivity contribution < 1.29 is 18.7 Å². The Kier molecular flexibility index (Phi) is 13.1. The number of fused-ring (bicyclic) bond motifs is 1. The van der Waals surface area contributed by atoms with Crippen molar-refractivity contribution in [2.75, 3.05) is 36.9 Å². The Bertz CT molecular complexity index is 1500. The van der Waals surface area contributed by atoms with Gasteiger partial charge in [-0.15, -0.1) is 0 Å². The standard InChI is InChI=1S/C38H49N3O4/c1-5-8-12-35-36(33-27-31(19-22-34(33)45-35)40-38(43)39-30-17-13-28(4)14-18-30)37(42)29-15-20-32(21-16-29)44-26-11-25-41(23-9-6-2)24-10-7-3/h13-22,27H,5-12,23-26H2,1-4H3,(H2,39,40,43). The normalized spacial score (nSPS) is 11.2. The molecule has 4 rings (SSSR count). The Labute approximate surface area is 268 Å². The lowest BCUT2D eigenvalue weighted by Gasteiger charge is -2.21. The second kappa shape index (κ2) is 17.4. The number of amides is 2. The topological polar surface area (TPSA) is 83.8 Å². The number of rotatable bonds is 18. The van der Waals surface area contributed by atoms with Crippen LogP contribution in [0.25, 0.3) is 11.0 Å². The summed E-state index contributed by atoms with van der Waals surface area (Å²) in [4.78, 5) is 29.2. The van der Waals surface area contributed by atoms with Crippen LogP contribution in [0.4, 0.5) is 16.2 Å². The summed E-state index contributed by atoms with van der Waals surface area (Å²) in [5.74, 6) is 1.33. The minimum Gasteiger partial charge on any atom is -0.494 e. The van der Waals surface area contributed by atoms with E-state index >= 15 is 0 Å². The fourth-order valence-electron chi connectivity index (χ4n) is 5.34. The predicted octanol–water partition coefficient (Wildman–Crippen LogP) is 9.63. The maximum Gasteiger partial charge on any atom is 0.323 e. The Morgan fingerprint density at radius 3 is 2.04 bits per heavy atom. The molecular weight excluding hydrogens is 562 g/mol. The van der Waals surface area contributed by atoms with Gasteiger partial charge in [-0.05, 0) is 100 Å². The molecule has 0 unspecified atom stereocenters. The van der Waals surface area contributed by atoms with Crippen LogP contribution in [0, 0.1) is 6.92 Å². The second-order valence-corrected chi connectivity index (χ2v) is 11.8. The number of benzene rings is 3. The molecule has 2 N–H and O–H groups in total. The van der Waals surface area contributed by atoms with Gasteiger partial charge in [0, 0.05) is 35.3 Å². The van der Waals surface area contributed by atoms with E-state index in [4.69, 9.17) is 9.15 Å². The summed E-state index contributed by atoms with van der Waals surface area (Å²) in [5, 5.41) is 6.43. The number of hydrogen-bond acceptors (Lipinski definition) is 5. The van der Waals surface area contributed by atoms with Gasteiger partial charge in [0.25, 0.3) is 0 Å². The summed E-state index contributed by atoms with van der Waals surface area (Å²) in [6, 6.07) is 20.1. The van der Waals surface area contributed by atoms with Crippen LogP contribution >= 0.6 is 0 Å². The number of carbonyl (C=O) groups is 2. The molecule has 0 aliphatic carbocycles. The van der Waals surface area contributed by atoms with Gasteiger partial charge in [-0.3, -0.25) is 4.79 Å². The maximum absolute atomic E-state index is 13.9. The summed E-state index contributed by atoms with van der Waals surface area (Å²) >= 11 is 0. The number of anilines is 2. The number of nitrogens with one attached hydrogen (secondary N) is 2. The molecular formula is C38H49N3O4. The van der Waals surface area contributed by atoms with Crippen molar-refractivity contribution in [2.45, 2.75) is 79.1 Å². The van der Waals surface area contributed by atoms with Gasteiger partial charge in [0.15, 0.2) is 5.78 Å². The highest BCUT2D eigenvalue weighted by molar-refractivity contribution is 6.17. The van der Waals surface area contributed by atoms with E-state index < -0.39 is 0 Å². The van der Waals surface area contributed by atoms with E-state index in [9.17, 15) is 9.59 Å². The molecule has 7 nitrogen and oxygen atoms in total. The second-order valence-electron chi connectivity index (χ2n) is 11.8. The van der Waals surface area contributed by atoms with Gasteiger partial charge >= 0.3 is 6.03 Å². The third-order valence-corrected chi connectivity index (χ3v) is 7.97. The van der Waals surface area contributed by atoms with E-state index in [0.717, 1.165) is 50.2 Å². The Hall–Kier alpha value is -4.10. The number of carbonyl (C=O) groups excluding carboxylic acids is 2. The lowest BCUT2D eigenvalue weighted by atomic mass is 9.98. The first kappa shape index (κ1) is 33.8. The zero-order valence-electron chi connectivity index (χ0n) is 27.4. The van der Waals surface area contributed by atoms with Crippen molar-refractivity contribution in [3.05, 3.63) is 89.2 Å². The van der Waals surface area contributed by atoms with E-state index in [1.54, 1.807) is 6.07 Å². The van der Waals surface area contributed by atoms with Crippen molar-refractivity contribution in [3.8, 4) is 5.75 Å². The zero-order valence-corrected chi connectivity index (χ0v) is 27.4. The fraction of sp³-hybridized carbons (Fsp3) is 0.421. The molecule has 0 saturated carbocycles. The third kappa shape index (κ3) is 9.95. The number of unbranched alkanes of at least 4 members (excludes halogenated alkanes) is 3. The molecule has 3 aromatic carbocycles. The molecule has 240 valence electrons. The Morgan fingerprint density at radius 2 is 1.38 bits per heavy atom. The van der Waals surface area contributed by atoms with Crippen LogP contribution in [0.15, 0.2) is 71.1 Å². The lowest BCUT2D eigenvalue weighted by Crippen LogP contribution is -2.28. The quantitative estimate of drug-likeness (QED) is 0.0864.